The standard InChI is InChI=1S/C9H11NO5/c1-5(11)3-7-4-8(13)10(9(7)14)15-6(2)12/h7H,3-4H2,1-2H3. The monoisotopic (exact) mass is 213 g/mol. The van der Waals surface area contributed by atoms with Crippen molar-refractivity contribution in [3.05, 3.63) is 0 Å². The highest BCUT2D eigenvalue weighted by Crippen LogP contribution is 2.23. The van der Waals surface area contributed by atoms with Crippen molar-refractivity contribution in [2.45, 2.75) is 26.7 Å². The van der Waals surface area contributed by atoms with E-state index in [0.717, 1.165) is 6.92 Å². The third kappa shape index (κ3) is 2.61. The van der Waals surface area contributed by atoms with E-state index in [0.29, 0.717) is 5.06 Å². The Kier molecular flexibility index (Phi) is 3.18. The quantitative estimate of drug-likeness (QED) is 0.607. The summed E-state index contributed by atoms with van der Waals surface area (Å²) in [6.45, 7) is 2.44. The van der Waals surface area contributed by atoms with Crippen molar-refractivity contribution in [3.63, 3.8) is 0 Å². The van der Waals surface area contributed by atoms with Gasteiger partial charge in [0.2, 0.25) is 0 Å². The van der Waals surface area contributed by atoms with E-state index in [9.17, 15) is 19.2 Å². The van der Waals surface area contributed by atoms with Gasteiger partial charge in [0.15, 0.2) is 0 Å². The third-order valence-electron chi connectivity index (χ3n) is 1.95. The topological polar surface area (TPSA) is 80.8 Å². The van der Waals surface area contributed by atoms with Gasteiger partial charge in [0.25, 0.3) is 11.8 Å². The van der Waals surface area contributed by atoms with Crippen molar-refractivity contribution in [3.8, 4) is 0 Å². The fourth-order valence-electron chi connectivity index (χ4n) is 1.40. The van der Waals surface area contributed by atoms with E-state index in [-0.39, 0.29) is 18.6 Å². The van der Waals surface area contributed by atoms with Gasteiger partial charge in [-0.25, -0.2) is 4.79 Å². The Morgan fingerprint density at radius 1 is 1.40 bits per heavy atom. The first-order valence-corrected chi connectivity index (χ1v) is 4.46. The summed E-state index contributed by atoms with van der Waals surface area (Å²) >= 11 is 0. The average molecular weight is 213 g/mol. The second-order valence-electron chi connectivity index (χ2n) is 3.42. The number of nitrogens with zero attached hydrogens (tertiary/aromatic N) is 1. The van der Waals surface area contributed by atoms with Gasteiger partial charge < -0.3 is 9.63 Å². The Bertz CT molecular complexity index is 335. The lowest BCUT2D eigenvalue weighted by Gasteiger charge is -2.11. The minimum Gasteiger partial charge on any atom is -0.331 e. The number of carbonyl (C=O) groups excluding carboxylic acids is 4. The molecule has 1 aliphatic rings. The van der Waals surface area contributed by atoms with E-state index < -0.39 is 23.7 Å². The van der Waals surface area contributed by atoms with E-state index in [1.165, 1.54) is 6.92 Å². The van der Waals surface area contributed by atoms with Crippen LogP contribution in [-0.2, 0) is 24.0 Å². The molecule has 2 amide bonds. The van der Waals surface area contributed by atoms with Crippen LogP contribution in [0.2, 0.25) is 0 Å². The van der Waals surface area contributed by atoms with Crippen LogP contribution in [0.5, 0.6) is 0 Å². The van der Waals surface area contributed by atoms with Crippen LogP contribution < -0.4 is 0 Å². The van der Waals surface area contributed by atoms with Gasteiger partial charge in [0, 0.05) is 19.8 Å². The molecule has 15 heavy (non-hydrogen) atoms. The van der Waals surface area contributed by atoms with Crippen LogP contribution in [0.15, 0.2) is 0 Å². The summed E-state index contributed by atoms with van der Waals surface area (Å²) in [6.07, 6.45) is -0.0754. The maximum absolute atomic E-state index is 11.5. The zero-order valence-electron chi connectivity index (χ0n) is 8.48. The van der Waals surface area contributed by atoms with Gasteiger partial charge in [-0.05, 0) is 6.92 Å². The van der Waals surface area contributed by atoms with Crippen LogP contribution >= 0.6 is 0 Å². The fourth-order valence-corrected chi connectivity index (χ4v) is 1.40. The van der Waals surface area contributed by atoms with Crippen molar-refractivity contribution >= 4 is 23.6 Å². The molecule has 0 aliphatic carbocycles. The molecule has 1 atom stereocenters. The number of hydroxylamine groups is 2. The molecule has 1 saturated heterocycles. The Balaban J connectivity index is 2.70. The predicted octanol–water partition coefficient (Wildman–Crippen LogP) is -0.181. The number of hydrogen-bond acceptors (Lipinski definition) is 5. The summed E-state index contributed by atoms with van der Waals surface area (Å²) < 4.78 is 0. The van der Waals surface area contributed by atoms with Crippen molar-refractivity contribution < 1.29 is 24.0 Å². The summed E-state index contributed by atoms with van der Waals surface area (Å²) in [5, 5.41) is 0.440. The highest BCUT2D eigenvalue weighted by Gasteiger charge is 2.41. The maximum atomic E-state index is 11.5. The lowest BCUT2D eigenvalue weighted by molar-refractivity contribution is -0.196. The third-order valence-corrected chi connectivity index (χ3v) is 1.95. The van der Waals surface area contributed by atoms with Crippen molar-refractivity contribution in [1.29, 1.82) is 0 Å². The largest absolute Gasteiger partial charge is 0.331 e. The Hall–Kier alpha value is -1.72. The zero-order chi connectivity index (χ0) is 11.6. The average Bonchev–Trinajstić information content (AvgIpc) is 2.31. The Morgan fingerprint density at radius 2 is 2.00 bits per heavy atom. The molecule has 82 valence electrons. The molecule has 0 N–H and O–H groups in total. The van der Waals surface area contributed by atoms with Crippen LogP contribution in [0.3, 0.4) is 0 Å². The predicted molar refractivity (Wildman–Crippen MR) is 47.0 cm³/mol. The van der Waals surface area contributed by atoms with Gasteiger partial charge in [-0.1, -0.05) is 0 Å². The minimum atomic E-state index is -0.736. The highest BCUT2D eigenvalue weighted by molar-refractivity contribution is 6.04. The van der Waals surface area contributed by atoms with Crippen molar-refractivity contribution in [2.24, 2.45) is 5.92 Å². The molecule has 1 aliphatic heterocycles. The van der Waals surface area contributed by atoms with Crippen LogP contribution in [0.4, 0.5) is 0 Å². The molecular weight excluding hydrogens is 202 g/mol. The molecule has 0 aromatic carbocycles. The molecular formula is C9H11NO5. The van der Waals surface area contributed by atoms with Crippen LogP contribution in [-0.4, -0.2) is 28.6 Å². The van der Waals surface area contributed by atoms with Gasteiger partial charge in [0.05, 0.1) is 5.92 Å². The van der Waals surface area contributed by atoms with Crippen LogP contribution in [0.25, 0.3) is 0 Å². The zero-order valence-corrected chi connectivity index (χ0v) is 8.48. The smallest absolute Gasteiger partial charge is 0.330 e. The molecule has 0 bridgehead atoms. The Morgan fingerprint density at radius 3 is 2.47 bits per heavy atom. The number of rotatable bonds is 3. The maximum Gasteiger partial charge on any atom is 0.330 e. The number of amides is 2. The van der Waals surface area contributed by atoms with Crippen LogP contribution in [0.1, 0.15) is 26.7 Å². The van der Waals surface area contributed by atoms with Gasteiger partial charge in [-0.15, -0.1) is 5.06 Å². The normalized spacial score (nSPS) is 20.7. The molecule has 1 rings (SSSR count). The number of Topliss-reactive ketones (excluding diaryl/α,β-unsaturated/α-hetero) is 1. The molecule has 0 spiro atoms. The van der Waals surface area contributed by atoms with Crippen molar-refractivity contribution in [2.75, 3.05) is 0 Å². The molecule has 1 heterocycles. The second-order valence-corrected chi connectivity index (χ2v) is 3.42. The van der Waals surface area contributed by atoms with Gasteiger partial charge in [-0.2, -0.15) is 0 Å². The molecule has 0 saturated carbocycles. The lowest BCUT2D eigenvalue weighted by atomic mass is 10.0. The minimum absolute atomic E-state index is 0.00232. The molecule has 1 fully saturated rings. The molecule has 6 nitrogen and oxygen atoms in total. The van der Waals surface area contributed by atoms with Gasteiger partial charge in [-0.3, -0.25) is 9.59 Å². The number of carbonyl (C=O) groups is 4. The summed E-state index contributed by atoms with van der Waals surface area (Å²) in [7, 11) is 0. The first-order chi connectivity index (χ1) is 6.91. The molecule has 0 aromatic rings. The lowest BCUT2D eigenvalue weighted by Crippen LogP contribution is -2.32. The first-order valence-electron chi connectivity index (χ1n) is 4.46. The number of ketones is 1. The van der Waals surface area contributed by atoms with Gasteiger partial charge >= 0.3 is 5.97 Å². The fraction of sp³-hybridized carbons (Fsp3) is 0.556. The summed E-state index contributed by atoms with van der Waals surface area (Å²) in [5.74, 6) is -2.80. The van der Waals surface area contributed by atoms with Crippen molar-refractivity contribution in [1.82, 2.24) is 5.06 Å². The highest BCUT2D eigenvalue weighted by atomic mass is 16.7. The summed E-state index contributed by atoms with van der Waals surface area (Å²) in [5.41, 5.74) is 0. The molecule has 6 heteroatoms. The summed E-state index contributed by atoms with van der Waals surface area (Å²) in [4.78, 5) is 48.5. The van der Waals surface area contributed by atoms with E-state index in [1.54, 1.807) is 0 Å². The first kappa shape index (κ1) is 11.4. The Labute approximate surface area is 86.1 Å². The van der Waals surface area contributed by atoms with E-state index in [2.05, 4.69) is 4.84 Å². The summed E-state index contributed by atoms with van der Waals surface area (Å²) in [6, 6.07) is 0. The van der Waals surface area contributed by atoms with Crippen LogP contribution in [0, 0.1) is 5.92 Å². The number of imide groups is 1. The van der Waals surface area contributed by atoms with E-state index >= 15 is 0 Å². The molecule has 1 unspecified atom stereocenters. The SMILES string of the molecule is CC(=O)CC1CC(=O)N(OC(C)=O)C1=O. The molecule has 0 aromatic heterocycles. The number of hydrogen-bond donors (Lipinski definition) is 0. The second kappa shape index (κ2) is 4.20. The van der Waals surface area contributed by atoms with E-state index in [4.69, 9.17) is 0 Å². The molecule has 0 radical (unpaired) electrons. The van der Waals surface area contributed by atoms with Gasteiger partial charge in [0.1, 0.15) is 5.78 Å². The van der Waals surface area contributed by atoms with E-state index in [1.807, 2.05) is 0 Å².